The lowest BCUT2D eigenvalue weighted by molar-refractivity contribution is 0.660. The highest BCUT2D eigenvalue weighted by Gasteiger charge is 2.54. The Morgan fingerprint density at radius 3 is 1.42 bits per heavy atom. The van der Waals surface area contributed by atoms with E-state index in [9.17, 15) is 0 Å². The first-order valence-corrected chi connectivity index (χ1v) is 25.8. The number of aromatic nitrogens is 1. The average molecular weight is 927 g/mol. The monoisotopic (exact) mass is 926 g/mol. The van der Waals surface area contributed by atoms with Crippen molar-refractivity contribution in [2.24, 2.45) is 0 Å². The summed E-state index contributed by atoms with van der Waals surface area (Å²) >= 11 is 0. The van der Waals surface area contributed by atoms with E-state index < -0.39 is 10.8 Å². The van der Waals surface area contributed by atoms with Crippen LogP contribution in [0.15, 0.2) is 243 Å². The molecule has 1 atom stereocenters. The molecule has 0 radical (unpaired) electrons. The summed E-state index contributed by atoms with van der Waals surface area (Å²) in [6.45, 7) is 4.80. The van der Waals surface area contributed by atoms with Gasteiger partial charge in [0.25, 0.3) is 0 Å². The number of anilines is 3. The van der Waals surface area contributed by atoms with Gasteiger partial charge >= 0.3 is 0 Å². The second-order valence-electron chi connectivity index (χ2n) is 21.4. The molecule has 4 aliphatic carbocycles. The van der Waals surface area contributed by atoms with Crippen molar-refractivity contribution >= 4 is 38.9 Å². The number of hydrogen-bond donors (Lipinski definition) is 0. The van der Waals surface area contributed by atoms with Gasteiger partial charge in [-0.25, -0.2) is 0 Å². The maximum atomic E-state index is 2.62. The molecule has 2 heterocycles. The van der Waals surface area contributed by atoms with Gasteiger partial charge in [0.2, 0.25) is 0 Å². The van der Waals surface area contributed by atoms with E-state index in [0.717, 1.165) is 11.4 Å². The Labute approximate surface area is 424 Å². The lowest BCUT2D eigenvalue weighted by atomic mass is 9.65. The Morgan fingerprint density at radius 1 is 0.315 bits per heavy atom. The molecule has 5 aliphatic rings. The fourth-order valence-electron chi connectivity index (χ4n) is 15.3. The van der Waals surface area contributed by atoms with E-state index in [-0.39, 0.29) is 5.41 Å². The van der Waals surface area contributed by atoms with Crippen LogP contribution in [0.3, 0.4) is 0 Å². The third-order valence-electron chi connectivity index (χ3n) is 18.0. The Morgan fingerprint density at radius 2 is 0.753 bits per heavy atom. The molecule has 1 aliphatic heterocycles. The van der Waals surface area contributed by atoms with Gasteiger partial charge in [-0.15, -0.1) is 0 Å². The Hall–Kier alpha value is -8.98. The van der Waals surface area contributed by atoms with Crippen LogP contribution in [0, 0.1) is 0 Å². The summed E-state index contributed by atoms with van der Waals surface area (Å²) in [4.78, 5) is 2.62. The van der Waals surface area contributed by atoms with Gasteiger partial charge in [-0.1, -0.05) is 214 Å². The number of benzene rings is 11. The summed E-state index contributed by atoms with van der Waals surface area (Å²) in [6.07, 6.45) is 0. The Balaban J connectivity index is 0.983. The van der Waals surface area contributed by atoms with Crippen LogP contribution in [-0.4, -0.2) is 4.57 Å². The van der Waals surface area contributed by atoms with Gasteiger partial charge in [-0.3, -0.25) is 0 Å². The first-order chi connectivity index (χ1) is 36.0. The van der Waals surface area contributed by atoms with Crippen LogP contribution in [0.25, 0.3) is 72.0 Å². The number of nitrogens with zero attached hydrogens (tertiary/aromatic N) is 2. The van der Waals surface area contributed by atoms with Crippen LogP contribution in [0.5, 0.6) is 0 Å². The standard InChI is InChI=1S/C71H46N2/c1-69(2)54-26-9-3-19-45(54)49-39-37-43(41-62(49)69)72(66-36-18-32-60-67(66)53-24-7-13-30-58(53)70(60)55-27-10-4-20-46(55)47-21-5-11-28-56(47)70)44-38-40-50-48-22-6-12-29-57(48)71(63(50)42-44)59-31-14-16-35-65(59)73-64-34-15-8-23-51(64)52-25-17-33-61(71)68(52)73/h3-42H,1-2H3. The zero-order chi connectivity index (χ0) is 48.0. The van der Waals surface area contributed by atoms with E-state index in [4.69, 9.17) is 0 Å². The van der Waals surface area contributed by atoms with Gasteiger partial charge in [0, 0.05) is 33.1 Å². The summed E-state index contributed by atoms with van der Waals surface area (Å²) in [7, 11) is 0. The van der Waals surface area contributed by atoms with E-state index >= 15 is 0 Å². The fourth-order valence-corrected chi connectivity index (χ4v) is 15.3. The van der Waals surface area contributed by atoms with Crippen LogP contribution in [0.2, 0.25) is 0 Å². The van der Waals surface area contributed by atoms with Crippen LogP contribution >= 0.6 is 0 Å². The van der Waals surface area contributed by atoms with Gasteiger partial charge in [0.1, 0.15) is 0 Å². The molecule has 1 aromatic heterocycles. The SMILES string of the molecule is CC1(C)c2ccccc2-c2ccc(N(c3ccc4c(c3)C3(c5ccccc5-4)c4ccccc4-n4c5ccccc5c5cccc3c54)c3cccc4c3-c3ccccc3C43c4ccccc4-c4ccccc43)cc21. The molecule has 1 unspecified atom stereocenters. The summed E-state index contributed by atoms with van der Waals surface area (Å²) < 4.78 is 2.54. The molecule has 0 saturated heterocycles. The quantitative estimate of drug-likeness (QED) is 0.171. The molecule has 2 spiro atoms. The lowest BCUT2D eigenvalue weighted by Gasteiger charge is -2.40. The highest BCUT2D eigenvalue weighted by atomic mass is 15.1. The zero-order valence-electron chi connectivity index (χ0n) is 40.5. The van der Waals surface area contributed by atoms with Crippen LogP contribution in [0.1, 0.15) is 69.5 Å². The van der Waals surface area contributed by atoms with Crippen molar-refractivity contribution in [1.29, 1.82) is 0 Å². The number of hydrogen-bond acceptors (Lipinski definition) is 1. The van der Waals surface area contributed by atoms with Gasteiger partial charge in [0.15, 0.2) is 0 Å². The summed E-state index contributed by atoms with van der Waals surface area (Å²) in [5.41, 5.74) is 29.7. The van der Waals surface area contributed by atoms with Gasteiger partial charge in [-0.05, 0) is 137 Å². The van der Waals surface area contributed by atoms with Gasteiger partial charge in [0.05, 0.1) is 33.2 Å². The van der Waals surface area contributed by atoms with E-state index in [2.05, 4.69) is 266 Å². The molecule has 0 N–H and O–H groups in total. The van der Waals surface area contributed by atoms with Crippen LogP contribution in [0.4, 0.5) is 17.1 Å². The molecule has 11 aromatic carbocycles. The molecule has 0 fully saturated rings. The molecule has 0 saturated carbocycles. The van der Waals surface area contributed by atoms with E-state index in [0.29, 0.717) is 0 Å². The maximum Gasteiger partial charge on any atom is 0.0755 e. The molecule has 2 heteroatoms. The minimum absolute atomic E-state index is 0.188. The average Bonchev–Trinajstić information content (AvgIpc) is 4.19. The normalized spacial score (nSPS) is 16.6. The summed E-state index contributed by atoms with van der Waals surface area (Å²) in [5, 5.41) is 2.57. The van der Waals surface area contributed by atoms with Crippen LogP contribution in [-0.2, 0) is 16.2 Å². The zero-order valence-corrected chi connectivity index (χ0v) is 40.5. The molecule has 2 nitrogen and oxygen atoms in total. The van der Waals surface area contributed by atoms with E-state index in [1.165, 1.54) is 133 Å². The van der Waals surface area contributed by atoms with Crippen molar-refractivity contribution in [2.45, 2.75) is 30.1 Å². The molecule has 0 bridgehead atoms. The maximum absolute atomic E-state index is 2.62. The molecule has 17 rings (SSSR count). The highest BCUT2D eigenvalue weighted by Crippen LogP contribution is 2.66. The fraction of sp³-hybridized carbons (Fsp3) is 0.0704. The second-order valence-corrected chi connectivity index (χ2v) is 21.4. The Bertz CT molecular complexity index is 4400. The smallest absolute Gasteiger partial charge is 0.0755 e. The van der Waals surface area contributed by atoms with Gasteiger partial charge in [-0.2, -0.15) is 0 Å². The predicted octanol–water partition coefficient (Wildman–Crippen LogP) is 17.6. The number of rotatable bonds is 3. The minimum atomic E-state index is -0.595. The van der Waals surface area contributed by atoms with Crippen molar-refractivity contribution in [2.75, 3.05) is 4.90 Å². The topological polar surface area (TPSA) is 8.17 Å². The predicted molar refractivity (Wildman–Crippen MR) is 300 cm³/mol. The molecule has 340 valence electrons. The minimum Gasteiger partial charge on any atom is -0.310 e. The third-order valence-corrected chi connectivity index (χ3v) is 18.0. The molecule has 12 aromatic rings. The number of para-hydroxylation sites is 3. The first kappa shape index (κ1) is 39.7. The molecule has 0 amide bonds. The van der Waals surface area contributed by atoms with Crippen molar-refractivity contribution in [3.8, 4) is 50.2 Å². The van der Waals surface area contributed by atoms with Crippen molar-refractivity contribution in [3.05, 3.63) is 298 Å². The third kappa shape index (κ3) is 4.59. The van der Waals surface area contributed by atoms with Crippen molar-refractivity contribution in [3.63, 3.8) is 0 Å². The van der Waals surface area contributed by atoms with Crippen molar-refractivity contribution < 1.29 is 0 Å². The van der Waals surface area contributed by atoms with Crippen molar-refractivity contribution in [1.82, 2.24) is 4.57 Å². The molecule has 73 heavy (non-hydrogen) atoms. The van der Waals surface area contributed by atoms with E-state index in [1.54, 1.807) is 0 Å². The van der Waals surface area contributed by atoms with E-state index in [1.807, 2.05) is 0 Å². The largest absolute Gasteiger partial charge is 0.310 e. The van der Waals surface area contributed by atoms with Gasteiger partial charge < -0.3 is 9.47 Å². The summed E-state index contributed by atoms with van der Waals surface area (Å²) in [6, 6.07) is 92.8. The molecular weight excluding hydrogens is 881 g/mol. The lowest BCUT2D eigenvalue weighted by Crippen LogP contribution is -2.33. The highest BCUT2D eigenvalue weighted by molar-refractivity contribution is 6.13. The number of fused-ring (bicyclic) bond motifs is 25. The first-order valence-electron chi connectivity index (χ1n) is 25.8. The summed E-state index contributed by atoms with van der Waals surface area (Å²) in [5.74, 6) is 0. The van der Waals surface area contributed by atoms with Crippen LogP contribution < -0.4 is 4.90 Å². The Kier molecular flexibility index (Phi) is 7.45. The molecular formula is C71H46N2. The second kappa shape index (κ2) is 13.7.